The number of rotatable bonds is 7. The number of hydrogen-bond acceptors (Lipinski definition) is 8. The third-order valence-electron chi connectivity index (χ3n) is 6.38. The predicted octanol–water partition coefficient (Wildman–Crippen LogP) is 3.18. The molecule has 1 saturated carbocycles. The molecule has 5 rings (SSSR count). The second-order valence-corrected chi connectivity index (χ2v) is 11.9. The highest BCUT2D eigenvalue weighted by Crippen LogP contribution is 2.53. The average Bonchev–Trinajstić information content (AvgIpc) is 3.23. The van der Waals surface area contributed by atoms with Gasteiger partial charge in [-0.3, -0.25) is 9.59 Å². The first kappa shape index (κ1) is 26.3. The molecule has 0 spiro atoms. The molecule has 10 nitrogen and oxygen atoms in total. The fraction of sp³-hybridized carbons (Fsp3) is 0.348. The Balaban J connectivity index is 1.35. The highest BCUT2D eigenvalue weighted by atomic mass is 32.2. The van der Waals surface area contributed by atoms with Crippen molar-refractivity contribution in [2.45, 2.75) is 28.3 Å². The first-order chi connectivity index (χ1) is 17.9. The minimum absolute atomic E-state index is 0.0484. The lowest BCUT2D eigenvalue weighted by atomic mass is 10.0. The molecular formula is C23H20F3N3O7S2. The quantitative estimate of drug-likeness (QED) is 0.441. The van der Waals surface area contributed by atoms with Crippen LogP contribution in [0.4, 0.5) is 13.2 Å². The van der Waals surface area contributed by atoms with E-state index >= 15 is 0 Å². The number of thiophene rings is 1. The number of amides is 1. The molecule has 0 radical (unpaired) electrons. The van der Waals surface area contributed by atoms with Gasteiger partial charge in [-0.2, -0.15) is 17.9 Å². The van der Waals surface area contributed by atoms with E-state index in [0.29, 0.717) is 54.8 Å². The summed E-state index contributed by atoms with van der Waals surface area (Å²) in [5.41, 5.74) is -1.21. The van der Waals surface area contributed by atoms with E-state index in [9.17, 15) is 36.3 Å². The molecule has 2 N–H and O–H groups in total. The van der Waals surface area contributed by atoms with E-state index in [1.54, 1.807) is 29.2 Å². The molecular weight excluding hydrogens is 551 g/mol. The predicted molar refractivity (Wildman–Crippen MR) is 126 cm³/mol. The van der Waals surface area contributed by atoms with Crippen molar-refractivity contribution in [3.63, 3.8) is 0 Å². The van der Waals surface area contributed by atoms with Gasteiger partial charge in [0, 0.05) is 30.6 Å². The van der Waals surface area contributed by atoms with Crippen molar-refractivity contribution in [1.29, 1.82) is 0 Å². The molecule has 1 aromatic carbocycles. The molecule has 1 saturated heterocycles. The van der Waals surface area contributed by atoms with Crippen LogP contribution in [-0.2, 0) is 25.7 Å². The molecule has 0 bridgehead atoms. The fourth-order valence-electron chi connectivity index (χ4n) is 4.31. The van der Waals surface area contributed by atoms with Gasteiger partial charge < -0.3 is 19.3 Å². The number of carbonyl (C=O) groups is 2. The third kappa shape index (κ3) is 4.93. The molecule has 202 valence electrons. The zero-order valence-electron chi connectivity index (χ0n) is 19.4. The van der Waals surface area contributed by atoms with Gasteiger partial charge in [-0.05, 0) is 36.2 Å². The van der Waals surface area contributed by atoms with Gasteiger partial charge in [-0.15, -0.1) is 11.3 Å². The Hall–Kier alpha value is -3.27. The highest BCUT2D eigenvalue weighted by molar-refractivity contribution is 7.91. The number of morpholine rings is 1. The van der Waals surface area contributed by atoms with E-state index in [1.807, 2.05) is 0 Å². The smallest absolute Gasteiger partial charge is 0.452 e. The monoisotopic (exact) mass is 571 g/mol. The van der Waals surface area contributed by atoms with E-state index in [-0.39, 0.29) is 27.1 Å². The number of ether oxygens (including phenoxy) is 1. The first-order valence-corrected chi connectivity index (χ1v) is 13.6. The summed E-state index contributed by atoms with van der Waals surface area (Å²) in [6, 6.07) is 9.48. The lowest BCUT2D eigenvalue weighted by Gasteiger charge is -2.27. The molecule has 2 atom stereocenters. The van der Waals surface area contributed by atoms with Crippen molar-refractivity contribution in [3.8, 4) is 10.6 Å². The van der Waals surface area contributed by atoms with Crippen LogP contribution in [0.25, 0.3) is 10.6 Å². The number of carboxylic acids is 1. The van der Waals surface area contributed by atoms with Gasteiger partial charge >= 0.3 is 12.1 Å². The van der Waals surface area contributed by atoms with E-state index in [1.165, 1.54) is 6.07 Å². The number of carboxylic acid groups (broad SMARTS) is 1. The van der Waals surface area contributed by atoms with Crippen molar-refractivity contribution in [3.05, 3.63) is 59.4 Å². The van der Waals surface area contributed by atoms with Crippen molar-refractivity contribution in [2.75, 3.05) is 26.3 Å². The Kier molecular flexibility index (Phi) is 6.57. The van der Waals surface area contributed by atoms with Gasteiger partial charge in [0.05, 0.1) is 18.1 Å². The summed E-state index contributed by atoms with van der Waals surface area (Å²) in [6.45, 7) is 1.70. The summed E-state index contributed by atoms with van der Waals surface area (Å²) in [6.07, 6.45) is -4.80. The Bertz CT molecular complexity index is 1500. The highest BCUT2D eigenvalue weighted by Gasteiger charge is 2.63. The van der Waals surface area contributed by atoms with Crippen LogP contribution >= 0.6 is 11.3 Å². The van der Waals surface area contributed by atoms with Crippen molar-refractivity contribution in [2.24, 2.45) is 0 Å². The van der Waals surface area contributed by atoms with Gasteiger partial charge in [-0.1, -0.05) is 17.3 Å². The van der Waals surface area contributed by atoms with E-state index < -0.39 is 39.4 Å². The molecule has 15 heteroatoms. The number of alkyl halides is 3. The van der Waals surface area contributed by atoms with Crippen LogP contribution in [0.15, 0.2) is 51.2 Å². The van der Waals surface area contributed by atoms with E-state index in [2.05, 4.69) is 14.4 Å². The molecule has 38 heavy (non-hydrogen) atoms. The summed E-state index contributed by atoms with van der Waals surface area (Å²) in [5, 5.41) is 13.3. The topological polar surface area (TPSA) is 139 Å². The number of nitrogens with one attached hydrogen (secondary N) is 1. The molecule has 0 unspecified atom stereocenters. The molecule has 3 aromatic rings. The summed E-state index contributed by atoms with van der Waals surface area (Å²) in [7, 11) is -4.38. The molecule has 3 heterocycles. The number of aromatic nitrogens is 1. The summed E-state index contributed by atoms with van der Waals surface area (Å²) in [5.74, 6) is -3.69. The summed E-state index contributed by atoms with van der Waals surface area (Å²) in [4.78, 5) is 26.8. The lowest BCUT2D eigenvalue weighted by Crippen LogP contribution is -2.44. The van der Waals surface area contributed by atoms with Gasteiger partial charge in [-0.25, -0.2) is 8.42 Å². The van der Waals surface area contributed by atoms with Crippen LogP contribution in [0.5, 0.6) is 0 Å². The maximum atomic E-state index is 13.1. The van der Waals surface area contributed by atoms with Crippen LogP contribution in [-0.4, -0.2) is 67.3 Å². The molecule has 2 aliphatic rings. The zero-order valence-corrected chi connectivity index (χ0v) is 21.0. The minimum Gasteiger partial charge on any atom is -0.480 e. The normalized spacial score (nSPS) is 21.9. The van der Waals surface area contributed by atoms with Crippen LogP contribution in [0.3, 0.4) is 0 Å². The van der Waals surface area contributed by atoms with Crippen LogP contribution in [0, 0.1) is 0 Å². The Labute approximate surface area is 218 Å². The number of sulfonamides is 1. The number of hydrogen-bond donors (Lipinski definition) is 2. The SMILES string of the molecule is O=C(c1cccc([C@@H]2C[C@]2(NS(=O)(=O)c2ccc(-c3cc(C(F)(F)F)on3)s2)C(=O)O)c1)N1CCOCC1. The van der Waals surface area contributed by atoms with Gasteiger partial charge in [0.15, 0.2) is 0 Å². The van der Waals surface area contributed by atoms with Gasteiger partial charge in [0.25, 0.3) is 15.9 Å². The van der Waals surface area contributed by atoms with E-state index in [4.69, 9.17) is 4.74 Å². The second kappa shape index (κ2) is 9.48. The molecule has 2 fully saturated rings. The molecule has 1 aliphatic carbocycles. The number of aliphatic carboxylic acids is 1. The molecule has 1 amide bonds. The first-order valence-electron chi connectivity index (χ1n) is 11.3. The maximum Gasteiger partial charge on any atom is 0.452 e. The average molecular weight is 572 g/mol. The van der Waals surface area contributed by atoms with E-state index in [0.717, 1.165) is 6.07 Å². The van der Waals surface area contributed by atoms with Crippen molar-refractivity contribution >= 4 is 33.2 Å². The van der Waals surface area contributed by atoms with Gasteiger partial charge in [0.2, 0.25) is 5.76 Å². The van der Waals surface area contributed by atoms with Crippen LogP contribution in [0.2, 0.25) is 0 Å². The lowest BCUT2D eigenvalue weighted by molar-refractivity contribution is -0.155. The maximum absolute atomic E-state index is 13.1. The number of benzene rings is 1. The number of nitrogens with zero attached hydrogens (tertiary/aromatic N) is 2. The second-order valence-electron chi connectivity index (χ2n) is 8.86. The van der Waals surface area contributed by atoms with Crippen LogP contribution < -0.4 is 4.72 Å². The zero-order chi connectivity index (χ0) is 27.3. The van der Waals surface area contributed by atoms with Crippen molar-refractivity contribution < 1.29 is 45.5 Å². The van der Waals surface area contributed by atoms with Crippen molar-refractivity contribution in [1.82, 2.24) is 14.8 Å². The Morgan fingerprint density at radius 2 is 1.89 bits per heavy atom. The number of halogens is 3. The standard InChI is InChI=1S/C23H20F3N3O7S2/c24-23(25,26)18-11-16(27-36-18)17-4-5-19(37-17)38(33,34)28-22(21(31)32)12-15(22)13-2-1-3-14(10-13)20(30)29-6-8-35-9-7-29/h1-5,10-11,15,28H,6-9,12H2,(H,31,32)/t15-,22+/m0/s1. The minimum atomic E-state index is -4.75. The Morgan fingerprint density at radius 3 is 2.55 bits per heavy atom. The summed E-state index contributed by atoms with van der Waals surface area (Å²) < 4.78 is 76.1. The fourth-order valence-corrected chi connectivity index (χ4v) is 6.98. The molecule has 2 aromatic heterocycles. The molecule has 1 aliphatic heterocycles. The largest absolute Gasteiger partial charge is 0.480 e. The Morgan fingerprint density at radius 1 is 1.16 bits per heavy atom. The summed E-state index contributed by atoms with van der Waals surface area (Å²) >= 11 is 0.623. The van der Waals surface area contributed by atoms with Gasteiger partial charge in [0.1, 0.15) is 15.4 Å². The number of carbonyl (C=O) groups excluding carboxylic acids is 1. The third-order valence-corrected chi connectivity index (χ3v) is 9.49. The van der Waals surface area contributed by atoms with Crippen LogP contribution in [0.1, 0.15) is 34.0 Å².